The molecule has 0 saturated heterocycles. The van der Waals surface area contributed by atoms with Crippen molar-refractivity contribution in [3.05, 3.63) is 153 Å². The summed E-state index contributed by atoms with van der Waals surface area (Å²) >= 11 is 0. The van der Waals surface area contributed by atoms with Gasteiger partial charge in [0.2, 0.25) is 0 Å². The highest BCUT2D eigenvalue weighted by Crippen LogP contribution is 2.38. The normalized spacial score (nSPS) is 14.3. The molecule has 0 fully saturated rings. The molecule has 0 amide bonds. The van der Waals surface area contributed by atoms with E-state index in [1.165, 1.54) is 22.3 Å². The Morgan fingerprint density at radius 3 is 1.68 bits per heavy atom. The molecule has 6 nitrogen and oxygen atoms in total. The summed E-state index contributed by atoms with van der Waals surface area (Å²) < 4.78 is 21.7. The summed E-state index contributed by atoms with van der Waals surface area (Å²) in [4.78, 5) is 8.91. The van der Waals surface area contributed by atoms with E-state index in [1.807, 2.05) is 78.9 Å². The molecule has 1 aromatic heterocycles. The number of H-pyrrole nitrogens is 1. The van der Waals surface area contributed by atoms with Gasteiger partial charge >= 0.3 is 0 Å². The Balaban J connectivity index is 1.49. The number of hydrogen-bond acceptors (Lipinski definition) is 5. The molecule has 0 bridgehead atoms. The Hall–Kier alpha value is -5.75. The van der Waals surface area contributed by atoms with Gasteiger partial charge in [-0.1, -0.05) is 54.2 Å². The van der Waals surface area contributed by atoms with Gasteiger partial charge in [0.1, 0.15) is 23.0 Å². The monoisotopic (exact) mass is 666 g/mol. The SMILES string of the molecule is COc1ccc(/C=C/C=C/C2=NC(=C(\c3[nH]c(/C=C/C=C/c4ccc(OC)cc4OC)cc3C)c3c(C)cc(C)cc3C)/C(C)=C2)c(OC)c1. The number of benzene rings is 3. The van der Waals surface area contributed by atoms with Crippen LogP contribution >= 0.6 is 0 Å². The van der Waals surface area contributed by atoms with Crippen LogP contribution in [-0.2, 0) is 0 Å². The highest BCUT2D eigenvalue weighted by molar-refractivity contribution is 6.09. The smallest absolute Gasteiger partial charge is 0.129 e. The number of aromatic amines is 1. The van der Waals surface area contributed by atoms with E-state index in [-0.39, 0.29) is 0 Å². The Kier molecular flexibility index (Phi) is 11.4. The molecule has 4 aromatic rings. The molecule has 0 saturated carbocycles. The summed E-state index contributed by atoms with van der Waals surface area (Å²) in [5.41, 5.74) is 14.1. The van der Waals surface area contributed by atoms with E-state index in [4.69, 9.17) is 23.9 Å². The lowest BCUT2D eigenvalue weighted by Crippen LogP contribution is -2.01. The molecule has 0 radical (unpaired) electrons. The molecule has 6 heteroatoms. The number of nitrogens with zero attached hydrogens (tertiary/aromatic N) is 1. The predicted molar refractivity (Wildman–Crippen MR) is 209 cm³/mol. The first-order valence-electron chi connectivity index (χ1n) is 16.6. The highest BCUT2D eigenvalue weighted by Gasteiger charge is 2.23. The van der Waals surface area contributed by atoms with Gasteiger partial charge in [0.25, 0.3) is 0 Å². The molecular formula is C44H46N2O4. The molecule has 1 aliphatic heterocycles. The summed E-state index contributed by atoms with van der Waals surface area (Å²) in [5.74, 6) is 3.03. The lowest BCUT2D eigenvalue weighted by Gasteiger charge is -2.18. The van der Waals surface area contributed by atoms with Crippen LogP contribution in [0.2, 0.25) is 0 Å². The Morgan fingerprint density at radius 2 is 1.14 bits per heavy atom. The fraction of sp³-hybridized carbons (Fsp3) is 0.205. The van der Waals surface area contributed by atoms with Crippen molar-refractivity contribution in [1.29, 1.82) is 0 Å². The van der Waals surface area contributed by atoms with Gasteiger partial charge in [0.15, 0.2) is 0 Å². The average molecular weight is 667 g/mol. The van der Waals surface area contributed by atoms with Crippen molar-refractivity contribution < 1.29 is 18.9 Å². The zero-order chi connectivity index (χ0) is 35.8. The van der Waals surface area contributed by atoms with Crippen molar-refractivity contribution >= 4 is 29.5 Å². The van der Waals surface area contributed by atoms with Gasteiger partial charge in [0, 0.05) is 34.5 Å². The fourth-order valence-electron chi connectivity index (χ4n) is 6.29. The van der Waals surface area contributed by atoms with E-state index in [0.29, 0.717) is 0 Å². The number of hydrogen-bond donors (Lipinski definition) is 1. The van der Waals surface area contributed by atoms with Crippen LogP contribution in [-0.4, -0.2) is 39.1 Å². The quantitative estimate of drug-likeness (QED) is 0.153. The number of ether oxygens (including phenoxy) is 4. The summed E-state index contributed by atoms with van der Waals surface area (Å²) in [6.07, 6.45) is 18.4. The molecule has 0 atom stereocenters. The van der Waals surface area contributed by atoms with Gasteiger partial charge in [-0.3, -0.25) is 0 Å². The molecule has 0 unspecified atom stereocenters. The van der Waals surface area contributed by atoms with Gasteiger partial charge in [-0.15, -0.1) is 0 Å². The van der Waals surface area contributed by atoms with Crippen LogP contribution in [0.3, 0.4) is 0 Å². The van der Waals surface area contributed by atoms with Gasteiger partial charge < -0.3 is 23.9 Å². The molecule has 50 heavy (non-hydrogen) atoms. The third-order valence-electron chi connectivity index (χ3n) is 8.63. The van der Waals surface area contributed by atoms with E-state index in [2.05, 4.69) is 70.0 Å². The van der Waals surface area contributed by atoms with Crippen LogP contribution in [0.1, 0.15) is 57.3 Å². The first-order valence-corrected chi connectivity index (χ1v) is 16.6. The molecule has 2 heterocycles. The van der Waals surface area contributed by atoms with Crippen molar-refractivity contribution in [2.45, 2.75) is 34.6 Å². The molecule has 256 valence electrons. The van der Waals surface area contributed by atoms with E-state index in [1.54, 1.807) is 28.4 Å². The second-order valence-corrected chi connectivity index (χ2v) is 12.3. The highest BCUT2D eigenvalue weighted by atomic mass is 16.5. The molecule has 3 aromatic carbocycles. The maximum absolute atomic E-state index is 5.55. The summed E-state index contributed by atoms with van der Waals surface area (Å²) in [7, 11) is 6.63. The zero-order valence-electron chi connectivity index (χ0n) is 30.5. The number of allylic oxidation sites excluding steroid dienone is 7. The number of methoxy groups -OCH3 is 4. The largest absolute Gasteiger partial charge is 0.497 e. The Labute approximate surface area is 296 Å². The first-order chi connectivity index (χ1) is 24.1. The van der Waals surface area contributed by atoms with Crippen LogP contribution < -0.4 is 18.9 Å². The van der Waals surface area contributed by atoms with Gasteiger partial charge in [-0.2, -0.15) is 0 Å². The first kappa shape index (κ1) is 35.6. The predicted octanol–water partition coefficient (Wildman–Crippen LogP) is 10.4. The maximum Gasteiger partial charge on any atom is 0.129 e. The van der Waals surface area contributed by atoms with Crippen molar-refractivity contribution in [2.75, 3.05) is 28.4 Å². The molecule has 0 aliphatic carbocycles. The van der Waals surface area contributed by atoms with Crippen molar-refractivity contribution in [3.8, 4) is 23.0 Å². The third kappa shape index (κ3) is 8.09. The van der Waals surface area contributed by atoms with Crippen LogP contribution in [0.4, 0.5) is 0 Å². The van der Waals surface area contributed by atoms with E-state index in [9.17, 15) is 0 Å². The van der Waals surface area contributed by atoms with Gasteiger partial charge in [-0.05, 0) is 111 Å². The zero-order valence-corrected chi connectivity index (χ0v) is 30.5. The second-order valence-electron chi connectivity index (χ2n) is 12.3. The van der Waals surface area contributed by atoms with Crippen molar-refractivity contribution in [2.24, 2.45) is 4.99 Å². The second kappa shape index (κ2) is 16.1. The summed E-state index contributed by atoms with van der Waals surface area (Å²) in [5, 5.41) is 0. The van der Waals surface area contributed by atoms with Crippen LogP contribution in [0.5, 0.6) is 23.0 Å². The molecule has 0 spiro atoms. The third-order valence-corrected chi connectivity index (χ3v) is 8.63. The minimum atomic E-state index is 0.755. The lowest BCUT2D eigenvalue weighted by molar-refractivity contribution is 0.393. The van der Waals surface area contributed by atoms with Crippen LogP contribution in [0.25, 0.3) is 23.8 Å². The molecule has 1 aliphatic rings. The van der Waals surface area contributed by atoms with E-state index >= 15 is 0 Å². The number of nitrogens with one attached hydrogen (secondary N) is 1. The molecule has 5 rings (SSSR count). The standard InChI is InChI=1S/C44H46N2O4/c1-28-22-29(2)41(30(3)23-28)42(43-31(4)24-35(45-43)16-12-10-14-33-18-20-37(47-6)26-39(33)49-8)44-32(5)25-36(46-44)17-13-11-15-34-19-21-38(48-7)27-40(34)50-9/h10-27,45H,1-9H3/b14-10+,15-11+,16-12+,17-13+,44-42-. The summed E-state index contributed by atoms with van der Waals surface area (Å²) in [6, 6.07) is 18.3. The number of aromatic nitrogens is 1. The Bertz CT molecular complexity index is 2080. The van der Waals surface area contributed by atoms with Crippen molar-refractivity contribution in [1.82, 2.24) is 4.98 Å². The summed E-state index contributed by atoms with van der Waals surface area (Å²) in [6.45, 7) is 10.8. The van der Waals surface area contributed by atoms with Gasteiger partial charge in [0.05, 0.1) is 45.5 Å². The lowest BCUT2D eigenvalue weighted by atomic mass is 9.88. The maximum atomic E-state index is 5.55. The minimum absolute atomic E-state index is 0.755. The molecular weight excluding hydrogens is 620 g/mol. The minimum Gasteiger partial charge on any atom is -0.497 e. The Morgan fingerprint density at radius 1 is 0.600 bits per heavy atom. The van der Waals surface area contributed by atoms with Crippen LogP contribution in [0, 0.1) is 27.7 Å². The van der Waals surface area contributed by atoms with E-state index in [0.717, 1.165) is 73.6 Å². The topological polar surface area (TPSA) is 65.1 Å². The fourth-order valence-corrected chi connectivity index (χ4v) is 6.29. The van der Waals surface area contributed by atoms with E-state index < -0.39 is 0 Å². The number of aryl methyl sites for hydroxylation is 4. The van der Waals surface area contributed by atoms with Crippen LogP contribution in [0.15, 0.2) is 107 Å². The number of aliphatic imine (C=N–C) groups is 1. The molecule has 1 N–H and O–H groups in total. The number of rotatable bonds is 12. The van der Waals surface area contributed by atoms with Crippen molar-refractivity contribution in [3.63, 3.8) is 0 Å². The van der Waals surface area contributed by atoms with Gasteiger partial charge in [-0.25, -0.2) is 4.99 Å². The average Bonchev–Trinajstić information content (AvgIpc) is 3.66.